The third-order valence-corrected chi connectivity index (χ3v) is 7.70. The van der Waals surface area contributed by atoms with Crippen LogP contribution in [0.2, 0.25) is 0 Å². The van der Waals surface area contributed by atoms with Gasteiger partial charge in [-0.25, -0.2) is 14.5 Å². The summed E-state index contributed by atoms with van der Waals surface area (Å²) in [5.41, 5.74) is 1.10. The summed E-state index contributed by atoms with van der Waals surface area (Å²) in [5, 5.41) is 3.22. The second-order valence-electron chi connectivity index (χ2n) is 12.4. The average molecular weight is 644 g/mol. The highest BCUT2D eigenvalue weighted by molar-refractivity contribution is 5.95. The molecule has 1 fully saturated rings. The number of nitrogens with zero attached hydrogens (tertiary/aromatic N) is 2. The van der Waals surface area contributed by atoms with Crippen LogP contribution in [0, 0.1) is 5.92 Å². The first kappa shape index (κ1) is 35.0. The standard InChI is InChI=1S/C37H45N3O7/c1-6-30(35(43)45-7-2)38-31-18-11-12-19-32(31)46-29-17-13-14-26(24-29)25-40(36(44)47-37(3,4)5)34(42)28-20-22-39(23-21-28)33(41)27-15-9-8-10-16-27/h8-19,24,28,30,38H,6-7,20-23,25H2,1-5H3. The van der Waals surface area contributed by atoms with E-state index in [2.05, 4.69) is 5.32 Å². The molecular weight excluding hydrogens is 598 g/mol. The molecule has 1 aliphatic rings. The number of benzene rings is 3. The molecule has 3 aromatic rings. The Labute approximate surface area is 277 Å². The van der Waals surface area contributed by atoms with Crippen molar-refractivity contribution in [3.63, 3.8) is 0 Å². The Morgan fingerprint density at radius 1 is 0.915 bits per heavy atom. The zero-order valence-electron chi connectivity index (χ0n) is 27.9. The Bertz CT molecular complexity index is 1530. The minimum Gasteiger partial charge on any atom is -0.464 e. The lowest BCUT2D eigenvalue weighted by atomic mass is 9.94. The first-order chi connectivity index (χ1) is 22.5. The van der Waals surface area contributed by atoms with E-state index in [0.29, 0.717) is 60.7 Å². The van der Waals surface area contributed by atoms with E-state index < -0.39 is 23.7 Å². The molecular formula is C37H45N3O7. The molecule has 1 unspecified atom stereocenters. The van der Waals surface area contributed by atoms with Gasteiger partial charge in [-0.05, 0) is 88.9 Å². The molecule has 0 radical (unpaired) electrons. The highest BCUT2D eigenvalue weighted by Gasteiger charge is 2.35. The smallest absolute Gasteiger partial charge is 0.417 e. The number of piperidine rings is 1. The van der Waals surface area contributed by atoms with E-state index in [4.69, 9.17) is 14.2 Å². The predicted octanol–water partition coefficient (Wildman–Crippen LogP) is 7.05. The molecule has 0 saturated carbocycles. The van der Waals surface area contributed by atoms with Crippen molar-refractivity contribution in [2.45, 2.75) is 72.1 Å². The normalized spacial score (nSPS) is 14.1. The largest absolute Gasteiger partial charge is 0.464 e. The van der Waals surface area contributed by atoms with Crippen LogP contribution in [-0.2, 0) is 25.6 Å². The summed E-state index contributed by atoms with van der Waals surface area (Å²) in [6.07, 6.45) is 0.679. The van der Waals surface area contributed by atoms with Crippen LogP contribution in [0.1, 0.15) is 69.8 Å². The molecule has 10 nitrogen and oxygen atoms in total. The van der Waals surface area contributed by atoms with Crippen LogP contribution in [0.3, 0.4) is 0 Å². The maximum Gasteiger partial charge on any atom is 0.417 e. The number of ether oxygens (including phenoxy) is 3. The average Bonchev–Trinajstić information content (AvgIpc) is 3.06. The lowest BCUT2D eigenvalue weighted by Crippen LogP contribution is -2.47. The summed E-state index contributed by atoms with van der Waals surface area (Å²) >= 11 is 0. The van der Waals surface area contributed by atoms with Gasteiger partial charge in [-0.3, -0.25) is 9.59 Å². The van der Waals surface area contributed by atoms with Crippen LogP contribution in [0.4, 0.5) is 10.5 Å². The minimum atomic E-state index is -0.803. The molecule has 3 amide bonds. The fourth-order valence-electron chi connectivity index (χ4n) is 5.31. The Kier molecular flexibility index (Phi) is 12.0. The van der Waals surface area contributed by atoms with Crippen LogP contribution >= 0.6 is 0 Å². The Morgan fingerprint density at radius 2 is 1.60 bits per heavy atom. The van der Waals surface area contributed by atoms with Gasteiger partial charge < -0.3 is 24.4 Å². The SMILES string of the molecule is CCOC(=O)C(CC)Nc1ccccc1Oc1cccc(CN(C(=O)OC(C)(C)C)C(=O)C2CCN(C(=O)c3ccccc3)CC2)c1. The molecule has 0 aliphatic carbocycles. The van der Waals surface area contributed by atoms with Crippen LogP contribution in [0.5, 0.6) is 11.5 Å². The van der Waals surface area contributed by atoms with Crippen molar-refractivity contribution in [1.82, 2.24) is 9.80 Å². The van der Waals surface area contributed by atoms with Crippen molar-refractivity contribution in [2.75, 3.05) is 25.0 Å². The van der Waals surface area contributed by atoms with Crippen molar-refractivity contribution in [3.8, 4) is 11.5 Å². The maximum atomic E-state index is 13.9. The summed E-state index contributed by atoms with van der Waals surface area (Å²) in [4.78, 5) is 55.5. The third-order valence-electron chi connectivity index (χ3n) is 7.70. The summed E-state index contributed by atoms with van der Waals surface area (Å²) in [5.74, 6) is -0.191. The summed E-state index contributed by atoms with van der Waals surface area (Å²) < 4.78 is 17.1. The molecule has 0 spiro atoms. The summed E-state index contributed by atoms with van der Waals surface area (Å²) in [6.45, 7) is 10.0. The number of rotatable bonds is 11. The Balaban J connectivity index is 1.49. The number of amides is 3. The number of nitrogens with one attached hydrogen (secondary N) is 1. The molecule has 0 bridgehead atoms. The topological polar surface area (TPSA) is 114 Å². The molecule has 1 saturated heterocycles. The Morgan fingerprint density at radius 3 is 2.26 bits per heavy atom. The number of hydrogen-bond donors (Lipinski definition) is 1. The number of hydrogen-bond acceptors (Lipinski definition) is 8. The fraction of sp³-hybridized carbons (Fsp3) is 0.405. The zero-order valence-corrected chi connectivity index (χ0v) is 27.9. The van der Waals surface area contributed by atoms with Gasteiger partial charge in [0.1, 0.15) is 17.4 Å². The van der Waals surface area contributed by atoms with Gasteiger partial charge in [0, 0.05) is 24.6 Å². The number of carbonyl (C=O) groups is 4. The highest BCUT2D eigenvalue weighted by Crippen LogP contribution is 2.31. The first-order valence-electron chi connectivity index (χ1n) is 16.2. The molecule has 4 rings (SSSR count). The summed E-state index contributed by atoms with van der Waals surface area (Å²) in [7, 11) is 0. The van der Waals surface area contributed by atoms with E-state index in [1.807, 2.05) is 49.4 Å². The molecule has 1 atom stereocenters. The number of para-hydroxylation sites is 2. The van der Waals surface area contributed by atoms with Gasteiger partial charge in [0.05, 0.1) is 18.8 Å². The van der Waals surface area contributed by atoms with Gasteiger partial charge in [0.25, 0.3) is 5.91 Å². The summed E-state index contributed by atoms with van der Waals surface area (Å²) in [6, 6.07) is 23.0. The molecule has 0 aromatic heterocycles. The van der Waals surface area contributed by atoms with Crippen LogP contribution < -0.4 is 10.1 Å². The second kappa shape index (κ2) is 16.1. The van der Waals surface area contributed by atoms with Gasteiger partial charge >= 0.3 is 12.1 Å². The Hall–Kier alpha value is -4.86. The van der Waals surface area contributed by atoms with Gasteiger partial charge in [-0.2, -0.15) is 0 Å². The molecule has 10 heteroatoms. The fourth-order valence-corrected chi connectivity index (χ4v) is 5.31. The third kappa shape index (κ3) is 9.81. The van der Waals surface area contributed by atoms with Gasteiger partial charge in [-0.15, -0.1) is 0 Å². The second-order valence-corrected chi connectivity index (χ2v) is 12.4. The number of anilines is 1. The van der Waals surface area contributed by atoms with Crippen molar-refractivity contribution < 1.29 is 33.4 Å². The number of imide groups is 1. The van der Waals surface area contributed by atoms with Crippen molar-refractivity contribution in [2.24, 2.45) is 5.92 Å². The van der Waals surface area contributed by atoms with Crippen LogP contribution in [-0.4, -0.2) is 65.0 Å². The maximum absolute atomic E-state index is 13.9. The lowest BCUT2D eigenvalue weighted by Gasteiger charge is -2.34. The van der Waals surface area contributed by atoms with Crippen LogP contribution in [0.25, 0.3) is 0 Å². The molecule has 3 aromatic carbocycles. The van der Waals surface area contributed by atoms with E-state index in [1.54, 1.807) is 69.0 Å². The zero-order chi connectivity index (χ0) is 34.0. The lowest BCUT2D eigenvalue weighted by molar-refractivity contribution is -0.144. The van der Waals surface area contributed by atoms with E-state index in [9.17, 15) is 19.2 Å². The van der Waals surface area contributed by atoms with E-state index in [0.717, 1.165) is 4.90 Å². The predicted molar refractivity (Wildman–Crippen MR) is 179 cm³/mol. The number of likely N-dealkylation sites (tertiary alicyclic amines) is 1. The number of esters is 1. The van der Waals surface area contributed by atoms with Crippen molar-refractivity contribution in [3.05, 3.63) is 90.0 Å². The molecule has 47 heavy (non-hydrogen) atoms. The molecule has 1 heterocycles. The molecule has 250 valence electrons. The van der Waals surface area contributed by atoms with Gasteiger partial charge in [0.2, 0.25) is 5.91 Å². The van der Waals surface area contributed by atoms with E-state index in [1.165, 1.54) is 0 Å². The van der Waals surface area contributed by atoms with Gasteiger partial charge in [-0.1, -0.05) is 49.4 Å². The van der Waals surface area contributed by atoms with Crippen molar-refractivity contribution in [1.29, 1.82) is 0 Å². The quantitative estimate of drug-likeness (QED) is 0.221. The van der Waals surface area contributed by atoms with Crippen molar-refractivity contribution >= 4 is 29.6 Å². The van der Waals surface area contributed by atoms with Crippen LogP contribution in [0.15, 0.2) is 78.9 Å². The number of carbonyl (C=O) groups excluding carboxylic acids is 4. The van der Waals surface area contributed by atoms with Gasteiger partial charge in [0.15, 0.2) is 5.75 Å². The van der Waals surface area contributed by atoms with E-state index >= 15 is 0 Å². The molecule has 1 aliphatic heterocycles. The monoisotopic (exact) mass is 643 g/mol. The molecule has 1 N–H and O–H groups in total. The first-order valence-corrected chi connectivity index (χ1v) is 16.2. The van der Waals surface area contributed by atoms with E-state index in [-0.39, 0.29) is 30.9 Å². The minimum absolute atomic E-state index is 0.0191. The highest BCUT2D eigenvalue weighted by atomic mass is 16.6.